The van der Waals surface area contributed by atoms with Gasteiger partial charge in [-0.15, -0.1) is 0 Å². The SMILES string of the molecule is COc1cc2c(NS(=O)(=O)c3c(OC)cc([C@H]4CCO4)cc3OC)noc2cc1Nc1cc(C2CC2)[nH]n1. The van der Waals surface area contributed by atoms with Gasteiger partial charge in [0.2, 0.25) is 0 Å². The molecular formula is C25H27N5O7S. The Kier molecular flexibility index (Phi) is 6.03. The van der Waals surface area contributed by atoms with E-state index in [1.165, 1.54) is 21.3 Å². The highest BCUT2D eigenvalue weighted by Crippen LogP contribution is 2.43. The lowest BCUT2D eigenvalue weighted by molar-refractivity contribution is -0.0529. The van der Waals surface area contributed by atoms with Crippen LogP contribution in [-0.4, -0.2) is 51.7 Å². The number of fused-ring (bicyclic) bond motifs is 1. The molecule has 2 aromatic heterocycles. The van der Waals surface area contributed by atoms with Gasteiger partial charge in [0.25, 0.3) is 10.0 Å². The molecule has 0 unspecified atom stereocenters. The number of hydrogen-bond acceptors (Lipinski definition) is 10. The van der Waals surface area contributed by atoms with Crippen molar-refractivity contribution in [2.24, 2.45) is 0 Å². The standard InChI is InChI=1S/C25H27N5O7S/c1-33-20-10-15-19(11-17(20)26-23-12-16(27-28-23)13-4-5-13)37-29-25(15)30-38(31,32)24-21(34-2)8-14(9-22(24)35-3)18-6-7-36-18/h8-13,18H,4-7H2,1-3H3,(H,29,30)(H2,26,27,28)/t18-/m1/s1. The number of aromatic nitrogens is 3. The molecule has 2 aromatic carbocycles. The summed E-state index contributed by atoms with van der Waals surface area (Å²) >= 11 is 0. The summed E-state index contributed by atoms with van der Waals surface area (Å²) in [7, 11) is 0.118. The molecule has 1 saturated heterocycles. The van der Waals surface area contributed by atoms with Crippen LogP contribution >= 0.6 is 0 Å². The predicted molar refractivity (Wildman–Crippen MR) is 138 cm³/mol. The molecule has 1 atom stereocenters. The fraction of sp³-hybridized carbons (Fsp3) is 0.360. The van der Waals surface area contributed by atoms with Crippen LogP contribution in [0.15, 0.2) is 39.8 Å². The summed E-state index contributed by atoms with van der Waals surface area (Å²) in [5.74, 6) is 1.88. The van der Waals surface area contributed by atoms with E-state index in [4.69, 9.17) is 23.5 Å². The number of methoxy groups -OCH3 is 3. The van der Waals surface area contributed by atoms with Crippen LogP contribution in [0.3, 0.4) is 0 Å². The van der Waals surface area contributed by atoms with Gasteiger partial charge in [0.15, 0.2) is 22.1 Å². The van der Waals surface area contributed by atoms with Crippen LogP contribution in [0.5, 0.6) is 17.2 Å². The van der Waals surface area contributed by atoms with Gasteiger partial charge in [-0.05, 0) is 36.6 Å². The fourth-order valence-electron chi connectivity index (χ4n) is 4.47. The number of rotatable bonds is 10. The number of ether oxygens (including phenoxy) is 4. The Labute approximate surface area is 218 Å². The van der Waals surface area contributed by atoms with E-state index < -0.39 is 10.0 Å². The molecule has 0 radical (unpaired) electrons. The molecule has 2 fully saturated rings. The molecule has 0 amide bonds. The van der Waals surface area contributed by atoms with E-state index in [1.54, 1.807) is 24.3 Å². The monoisotopic (exact) mass is 541 g/mol. The number of sulfonamides is 1. The number of nitrogens with zero attached hydrogens (tertiary/aromatic N) is 2. The number of hydrogen-bond donors (Lipinski definition) is 3. The van der Waals surface area contributed by atoms with E-state index in [1.807, 2.05) is 6.07 Å². The first-order valence-electron chi connectivity index (χ1n) is 12.1. The zero-order chi connectivity index (χ0) is 26.4. The van der Waals surface area contributed by atoms with E-state index in [0.717, 1.165) is 30.5 Å². The van der Waals surface area contributed by atoms with Crippen molar-refractivity contribution in [2.45, 2.75) is 36.2 Å². The Morgan fingerprint density at radius 2 is 1.68 bits per heavy atom. The minimum Gasteiger partial charge on any atom is -0.495 e. The lowest BCUT2D eigenvalue weighted by atomic mass is 10.0. The largest absolute Gasteiger partial charge is 0.495 e. The van der Waals surface area contributed by atoms with Crippen molar-refractivity contribution in [3.05, 3.63) is 41.6 Å². The zero-order valence-electron chi connectivity index (χ0n) is 21.0. The Balaban J connectivity index is 1.32. The molecule has 0 bridgehead atoms. The average molecular weight is 542 g/mol. The van der Waals surface area contributed by atoms with Crippen LogP contribution in [0.4, 0.5) is 17.3 Å². The first-order valence-corrected chi connectivity index (χ1v) is 13.6. The maximum atomic E-state index is 13.6. The summed E-state index contributed by atoms with van der Waals surface area (Å²) in [6.45, 7) is 0.653. The van der Waals surface area contributed by atoms with E-state index in [-0.39, 0.29) is 28.3 Å². The summed E-state index contributed by atoms with van der Waals surface area (Å²) < 4.78 is 57.0. The molecule has 1 aliphatic carbocycles. The van der Waals surface area contributed by atoms with Gasteiger partial charge in [-0.1, -0.05) is 5.16 Å². The van der Waals surface area contributed by atoms with Crippen LogP contribution in [0.25, 0.3) is 11.0 Å². The highest BCUT2D eigenvalue weighted by atomic mass is 32.2. The Morgan fingerprint density at radius 1 is 0.974 bits per heavy atom. The Bertz CT molecular complexity index is 1580. The van der Waals surface area contributed by atoms with Crippen molar-refractivity contribution >= 4 is 38.3 Å². The number of benzene rings is 2. The topological polar surface area (TPSA) is 150 Å². The maximum Gasteiger partial charge on any atom is 0.270 e. The predicted octanol–water partition coefficient (Wildman–Crippen LogP) is 4.46. The molecule has 0 spiro atoms. The van der Waals surface area contributed by atoms with Gasteiger partial charge >= 0.3 is 0 Å². The summed E-state index contributed by atoms with van der Waals surface area (Å²) in [4.78, 5) is -0.156. The Hall–Kier alpha value is -3.97. The molecule has 6 rings (SSSR count). The second-order valence-electron chi connectivity index (χ2n) is 9.20. The van der Waals surface area contributed by atoms with Gasteiger partial charge in [0, 0.05) is 30.2 Å². The molecule has 13 heteroatoms. The molecule has 1 aliphatic heterocycles. The number of anilines is 3. The fourth-order valence-corrected chi connectivity index (χ4v) is 5.79. The van der Waals surface area contributed by atoms with Crippen LogP contribution in [0.2, 0.25) is 0 Å². The van der Waals surface area contributed by atoms with Crippen molar-refractivity contribution < 1.29 is 31.9 Å². The first-order chi connectivity index (χ1) is 18.4. The van der Waals surface area contributed by atoms with E-state index in [0.29, 0.717) is 40.7 Å². The van der Waals surface area contributed by atoms with Gasteiger partial charge < -0.3 is 28.8 Å². The molecule has 2 aliphatic rings. The van der Waals surface area contributed by atoms with Crippen molar-refractivity contribution in [3.63, 3.8) is 0 Å². The highest BCUT2D eigenvalue weighted by Gasteiger charge is 2.31. The molecule has 38 heavy (non-hydrogen) atoms. The van der Waals surface area contributed by atoms with Crippen molar-refractivity contribution in [2.75, 3.05) is 38.0 Å². The minimum absolute atomic E-state index is 0.00357. The van der Waals surface area contributed by atoms with Crippen molar-refractivity contribution in [3.8, 4) is 17.2 Å². The van der Waals surface area contributed by atoms with Gasteiger partial charge in [0.05, 0.1) is 45.1 Å². The number of H-pyrrole nitrogens is 1. The molecule has 3 heterocycles. The highest BCUT2D eigenvalue weighted by molar-refractivity contribution is 7.93. The quantitative estimate of drug-likeness (QED) is 0.263. The lowest BCUT2D eigenvalue weighted by Crippen LogP contribution is -2.20. The molecular weight excluding hydrogens is 514 g/mol. The van der Waals surface area contributed by atoms with E-state index >= 15 is 0 Å². The van der Waals surface area contributed by atoms with Crippen LogP contribution in [-0.2, 0) is 14.8 Å². The van der Waals surface area contributed by atoms with Crippen LogP contribution < -0.4 is 24.2 Å². The van der Waals surface area contributed by atoms with Crippen molar-refractivity contribution in [1.82, 2.24) is 15.4 Å². The lowest BCUT2D eigenvalue weighted by Gasteiger charge is -2.28. The van der Waals surface area contributed by atoms with Crippen LogP contribution in [0.1, 0.15) is 42.5 Å². The maximum absolute atomic E-state index is 13.6. The molecule has 3 N–H and O–H groups in total. The zero-order valence-corrected chi connectivity index (χ0v) is 21.8. The number of nitrogens with one attached hydrogen (secondary N) is 3. The number of aromatic amines is 1. The van der Waals surface area contributed by atoms with Crippen LogP contribution in [0, 0.1) is 0 Å². The Morgan fingerprint density at radius 3 is 2.29 bits per heavy atom. The van der Waals surface area contributed by atoms with Crippen molar-refractivity contribution in [1.29, 1.82) is 0 Å². The molecule has 12 nitrogen and oxygen atoms in total. The molecule has 4 aromatic rings. The van der Waals surface area contributed by atoms with Gasteiger partial charge in [0.1, 0.15) is 17.2 Å². The van der Waals surface area contributed by atoms with Gasteiger partial charge in [-0.25, -0.2) is 8.42 Å². The van der Waals surface area contributed by atoms with E-state index in [2.05, 4.69) is 25.4 Å². The third-order valence-electron chi connectivity index (χ3n) is 6.72. The third kappa shape index (κ3) is 4.37. The summed E-state index contributed by atoms with van der Waals surface area (Å²) in [5.41, 5.74) is 2.81. The van der Waals surface area contributed by atoms with E-state index in [9.17, 15) is 8.42 Å². The second kappa shape index (κ2) is 9.40. The van der Waals surface area contributed by atoms with Gasteiger partial charge in [-0.2, -0.15) is 5.10 Å². The molecule has 200 valence electrons. The average Bonchev–Trinajstić information content (AvgIpc) is 3.51. The normalized spacial score (nSPS) is 17.2. The summed E-state index contributed by atoms with van der Waals surface area (Å²) in [6, 6.07) is 8.58. The summed E-state index contributed by atoms with van der Waals surface area (Å²) in [6.07, 6.45) is 3.02. The first kappa shape index (κ1) is 24.4. The smallest absolute Gasteiger partial charge is 0.270 e. The van der Waals surface area contributed by atoms with Gasteiger partial charge in [-0.3, -0.25) is 9.82 Å². The molecule has 1 saturated carbocycles. The minimum atomic E-state index is -4.20. The second-order valence-corrected chi connectivity index (χ2v) is 10.8. The third-order valence-corrected chi connectivity index (χ3v) is 8.13. The summed E-state index contributed by atoms with van der Waals surface area (Å²) in [5, 5.41) is 15.0.